The third-order valence-electron chi connectivity index (χ3n) is 1.57. The lowest BCUT2D eigenvalue weighted by molar-refractivity contribution is 0.338. The van der Waals surface area contributed by atoms with E-state index in [1.54, 1.807) is 0 Å². The first-order chi connectivity index (χ1) is 4.66. The molecule has 0 aromatic rings. The SMILES string of the molecule is CCO[P@@]1(=O)CC=C(C)C1. The molecule has 3 heteroatoms. The van der Waals surface area contributed by atoms with Crippen LogP contribution in [-0.4, -0.2) is 18.9 Å². The third kappa shape index (κ3) is 1.71. The molecule has 0 aromatic heterocycles. The molecule has 0 aromatic carbocycles. The third-order valence-corrected chi connectivity index (χ3v) is 4.02. The van der Waals surface area contributed by atoms with Crippen molar-refractivity contribution < 1.29 is 9.09 Å². The fraction of sp³-hybridized carbons (Fsp3) is 0.714. The van der Waals surface area contributed by atoms with Crippen molar-refractivity contribution in [3.63, 3.8) is 0 Å². The molecule has 0 N–H and O–H groups in total. The minimum Gasteiger partial charge on any atom is -0.328 e. The van der Waals surface area contributed by atoms with E-state index in [1.807, 2.05) is 19.9 Å². The monoisotopic (exact) mass is 160 g/mol. The van der Waals surface area contributed by atoms with Gasteiger partial charge in [-0.25, -0.2) is 0 Å². The van der Waals surface area contributed by atoms with E-state index in [4.69, 9.17) is 4.52 Å². The molecule has 1 rings (SSSR count). The van der Waals surface area contributed by atoms with Crippen molar-refractivity contribution in [2.75, 3.05) is 18.9 Å². The molecule has 0 saturated carbocycles. The van der Waals surface area contributed by atoms with Crippen LogP contribution in [0.3, 0.4) is 0 Å². The fourth-order valence-corrected chi connectivity index (χ4v) is 3.41. The van der Waals surface area contributed by atoms with Crippen LogP contribution in [0.5, 0.6) is 0 Å². The molecule has 0 unspecified atom stereocenters. The average molecular weight is 160 g/mol. The van der Waals surface area contributed by atoms with Gasteiger partial charge in [0.15, 0.2) is 0 Å². The largest absolute Gasteiger partial charge is 0.328 e. The summed E-state index contributed by atoms with van der Waals surface area (Å²) in [5.41, 5.74) is 1.21. The molecule has 1 aliphatic heterocycles. The van der Waals surface area contributed by atoms with Crippen LogP contribution in [0.25, 0.3) is 0 Å². The second kappa shape index (κ2) is 2.89. The highest BCUT2D eigenvalue weighted by molar-refractivity contribution is 7.59. The van der Waals surface area contributed by atoms with Gasteiger partial charge in [-0.05, 0) is 13.8 Å². The Balaban J connectivity index is 2.53. The Labute approximate surface area is 61.7 Å². The fourth-order valence-electron chi connectivity index (χ4n) is 1.14. The molecule has 1 atom stereocenters. The van der Waals surface area contributed by atoms with Gasteiger partial charge in [0.25, 0.3) is 0 Å². The van der Waals surface area contributed by atoms with Gasteiger partial charge in [0.05, 0.1) is 6.61 Å². The van der Waals surface area contributed by atoms with E-state index >= 15 is 0 Å². The zero-order valence-corrected chi connectivity index (χ0v) is 7.36. The van der Waals surface area contributed by atoms with Gasteiger partial charge in [-0.2, -0.15) is 0 Å². The van der Waals surface area contributed by atoms with Crippen molar-refractivity contribution in [3.05, 3.63) is 11.6 Å². The first kappa shape index (κ1) is 8.03. The van der Waals surface area contributed by atoms with Crippen molar-refractivity contribution in [1.29, 1.82) is 0 Å². The number of rotatable bonds is 2. The Morgan fingerprint density at radius 3 is 2.90 bits per heavy atom. The van der Waals surface area contributed by atoms with E-state index < -0.39 is 7.37 Å². The Bertz CT molecular complexity index is 196. The van der Waals surface area contributed by atoms with E-state index in [1.165, 1.54) is 5.57 Å². The van der Waals surface area contributed by atoms with E-state index in [-0.39, 0.29) is 0 Å². The molecule has 1 aliphatic rings. The van der Waals surface area contributed by atoms with Gasteiger partial charge in [0.2, 0.25) is 7.37 Å². The summed E-state index contributed by atoms with van der Waals surface area (Å²) in [7, 11) is -2.22. The molecule has 2 nitrogen and oxygen atoms in total. The van der Waals surface area contributed by atoms with Crippen molar-refractivity contribution in [2.24, 2.45) is 0 Å². The lowest BCUT2D eigenvalue weighted by atomic mass is 10.3. The van der Waals surface area contributed by atoms with Crippen LogP contribution in [0.2, 0.25) is 0 Å². The standard InChI is InChI=1S/C7H13O2P/c1-3-9-10(8)5-4-7(2)6-10/h4H,3,5-6H2,1-2H3/t10-/m0/s1. The molecule has 0 bridgehead atoms. The smallest absolute Gasteiger partial charge is 0.210 e. The Kier molecular flexibility index (Phi) is 2.32. The van der Waals surface area contributed by atoms with Gasteiger partial charge in [-0.3, -0.25) is 4.57 Å². The molecule has 0 radical (unpaired) electrons. The highest BCUT2D eigenvalue weighted by Gasteiger charge is 2.26. The summed E-state index contributed by atoms with van der Waals surface area (Å²) in [6.07, 6.45) is 3.32. The lowest BCUT2D eigenvalue weighted by Crippen LogP contribution is -1.92. The lowest BCUT2D eigenvalue weighted by Gasteiger charge is -2.09. The molecule has 0 aliphatic carbocycles. The van der Waals surface area contributed by atoms with Crippen LogP contribution in [-0.2, 0) is 9.09 Å². The van der Waals surface area contributed by atoms with Gasteiger partial charge in [0, 0.05) is 12.3 Å². The van der Waals surface area contributed by atoms with Crippen LogP contribution < -0.4 is 0 Å². The maximum atomic E-state index is 11.5. The van der Waals surface area contributed by atoms with Gasteiger partial charge >= 0.3 is 0 Å². The minimum absolute atomic E-state index is 0.568. The predicted molar refractivity (Wildman–Crippen MR) is 42.7 cm³/mol. The topological polar surface area (TPSA) is 26.3 Å². The zero-order valence-electron chi connectivity index (χ0n) is 6.46. The summed E-state index contributed by atoms with van der Waals surface area (Å²) >= 11 is 0. The number of allylic oxidation sites excluding steroid dienone is 2. The van der Waals surface area contributed by atoms with E-state index in [0.29, 0.717) is 18.9 Å². The van der Waals surface area contributed by atoms with Crippen molar-refractivity contribution in [2.45, 2.75) is 13.8 Å². The van der Waals surface area contributed by atoms with Crippen LogP contribution in [0.4, 0.5) is 0 Å². The average Bonchev–Trinajstić information content (AvgIpc) is 2.12. The van der Waals surface area contributed by atoms with Crippen LogP contribution >= 0.6 is 7.37 Å². The second-order valence-corrected chi connectivity index (χ2v) is 5.19. The van der Waals surface area contributed by atoms with Gasteiger partial charge in [-0.1, -0.05) is 11.6 Å². The zero-order chi connectivity index (χ0) is 7.61. The number of hydrogen-bond acceptors (Lipinski definition) is 2. The Morgan fingerprint density at radius 1 is 1.80 bits per heavy atom. The summed E-state index contributed by atoms with van der Waals surface area (Å²) in [5.74, 6) is 0. The highest BCUT2D eigenvalue weighted by Crippen LogP contribution is 2.52. The number of hydrogen-bond donors (Lipinski definition) is 0. The van der Waals surface area contributed by atoms with Gasteiger partial charge in [0.1, 0.15) is 0 Å². The summed E-state index contributed by atoms with van der Waals surface area (Å²) in [6.45, 7) is 4.45. The molecule has 10 heavy (non-hydrogen) atoms. The molecule has 0 fully saturated rings. The first-order valence-electron chi connectivity index (χ1n) is 3.54. The normalized spacial score (nSPS) is 32.4. The van der Waals surface area contributed by atoms with E-state index in [2.05, 4.69) is 0 Å². The van der Waals surface area contributed by atoms with Crippen molar-refractivity contribution in [1.82, 2.24) is 0 Å². The molecule has 0 saturated heterocycles. The second-order valence-electron chi connectivity index (χ2n) is 2.62. The van der Waals surface area contributed by atoms with E-state index in [9.17, 15) is 4.57 Å². The minimum atomic E-state index is -2.22. The molecule has 0 amide bonds. The Morgan fingerprint density at radius 2 is 2.50 bits per heavy atom. The van der Waals surface area contributed by atoms with Gasteiger partial charge in [-0.15, -0.1) is 0 Å². The predicted octanol–water partition coefficient (Wildman–Crippen LogP) is 2.26. The summed E-state index contributed by atoms with van der Waals surface area (Å²) in [4.78, 5) is 0. The summed E-state index contributed by atoms with van der Waals surface area (Å²) in [5, 5.41) is 0. The molecule has 0 spiro atoms. The summed E-state index contributed by atoms with van der Waals surface area (Å²) in [6, 6.07) is 0. The quantitative estimate of drug-likeness (QED) is 0.457. The van der Waals surface area contributed by atoms with Crippen LogP contribution in [0.1, 0.15) is 13.8 Å². The maximum Gasteiger partial charge on any atom is 0.210 e. The highest BCUT2D eigenvalue weighted by atomic mass is 31.2. The first-order valence-corrected chi connectivity index (χ1v) is 5.54. The molecular weight excluding hydrogens is 147 g/mol. The molecule has 58 valence electrons. The van der Waals surface area contributed by atoms with E-state index in [0.717, 1.165) is 0 Å². The van der Waals surface area contributed by atoms with Gasteiger partial charge < -0.3 is 4.52 Å². The van der Waals surface area contributed by atoms with Crippen LogP contribution in [0, 0.1) is 0 Å². The van der Waals surface area contributed by atoms with Crippen molar-refractivity contribution in [3.8, 4) is 0 Å². The Hall–Kier alpha value is -0.0700. The van der Waals surface area contributed by atoms with Crippen molar-refractivity contribution >= 4 is 7.37 Å². The summed E-state index contributed by atoms with van der Waals surface area (Å²) < 4.78 is 16.7. The maximum absolute atomic E-state index is 11.5. The van der Waals surface area contributed by atoms with Crippen LogP contribution in [0.15, 0.2) is 11.6 Å². The molecule has 1 heterocycles. The molecular formula is C7H13O2P.